The van der Waals surface area contributed by atoms with E-state index in [2.05, 4.69) is 26.5 Å². The number of H-pyrrole nitrogens is 1. The van der Waals surface area contributed by atoms with Crippen LogP contribution in [0, 0.1) is 5.82 Å². The zero-order chi connectivity index (χ0) is 23.8. The van der Waals surface area contributed by atoms with E-state index in [1.54, 1.807) is 6.07 Å². The number of aromatic nitrogens is 2. The highest BCUT2D eigenvalue weighted by atomic mass is 19.1. The highest BCUT2D eigenvalue weighted by Crippen LogP contribution is 2.33. The van der Waals surface area contributed by atoms with Crippen molar-refractivity contribution in [3.05, 3.63) is 83.2 Å². The number of carbonyl (C=O) groups is 1. The highest BCUT2D eigenvalue weighted by molar-refractivity contribution is 6.01. The summed E-state index contributed by atoms with van der Waals surface area (Å²) in [6, 6.07) is 18.7. The van der Waals surface area contributed by atoms with Gasteiger partial charge in [-0.2, -0.15) is 5.10 Å². The molecule has 1 atom stereocenters. The lowest BCUT2D eigenvalue weighted by Gasteiger charge is -2.33. The average Bonchev–Trinajstić information content (AvgIpc) is 3.51. The van der Waals surface area contributed by atoms with Gasteiger partial charge in [0.25, 0.3) is 5.91 Å². The van der Waals surface area contributed by atoms with Crippen molar-refractivity contribution in [2.75, 3.05) is 19.7 Å². The molecule has 35 heavy (non-hydrogen) atoms. The number of carbonyl (C=O) groups excluding carboxylic acids is 1. The number of hydrogen-bond acceptors (Lipinski definition) is 4. The summed E-state index contributed by atoms with van der Waals surface area (Å²) in [5.41, 5.74) is 5.21. The second-order valence-electron chi connectivity index (χ2n) is 9.39. The van der Waals surface area contributed by atoms with Crippen LogP contribution in [0.15, 0.2) is 60.7 Å². The van der Waals surface area contributed by atoms with Crippen LogP contribution in [0.2, 0.25) is 0 Å². The molecule has 1 amide bonds. The number of nitrogens with one attached hydrogen (secondary N) is 2. The molecule has 0 saturated carbocycles. The van der Waals surface area contributed by atoms with Crippen LogP contribution >= 0.6 is 0 Å². The number of rotatable bonds is 5. The Morgan fingerprint density at radius 1 is 1.17 bits per heavy atom. The van der Waals surface area contributed by atoms with Crippen LogP contribution in [0.25, 0.3) is 22.2 Å². The van der Waals surface area contributed by atoms with Gasteiger partial charge in [0.2, 0.25) is 0 Å². The second-order valence-corrected chi connectivity index (χ2v) is 9.39. The largest absolute Gasteiger partial charge is 0.493 e. The summed E-state index contributed by atoms with van der Waals surface area (Å²) < 4.78 is 19.7. The summed E-state index contributed by atoms with van der Waals surface area (Å²) in [5.74, 6) is 0.656. The molecular formula is C28H27FN4O2. The number of benzene rings is 3. The molecule has 3 heterocycles. The maximum Gasteiger partial charge on any atom is 0.251 e. The number of nitrogens with zero attached hydrogens (tertiary/aromatic N) is 2. The van der Waals surface area contributed by atoms with Crippen molar-refractivity contribution < 1.29 is 13.9 Å². The molecule has 2 aliphatic heterocycles. The van der Waals surface area contributed by atoms with Crippen LogP contribution in [0.3, 0.4) is 0 Å². The molecule has 6 rings (SSSR count). The van der Waals surface area contributed by atoms with Crippen LogP contribution in [-0.4, -0.2) is 46.7 Å². The summed E-state index contributed by atoms with van der Waals surface area (Å²) >= 11 is 0. The summed E-state index contributed by atoms with van der Waals surface area (Å²) in [6.45, 7) is 2.87. The standard InChI is InChI=1S/C28H27FN4O2/c29-24-6-2-1-4-21(24)16-33-12-3-5-22(17-33)30-28(34)20-7-9-25-23(15-20)27(32-31-25)19-8-10-26-18(14-19)11-13-35-26/h1-2,4,6-10,14-15,22H,3,5,11-13,16-17H2,(H,30,34)(H,31,32). The lowest BCUT2D eigenvalue weighted by Crippen LogP contribution is -2.47. The fraction of sp³-hybridized carbons (Fsp3) is 0.286. The molecule has 1 fully saturated rings. The average molecular weight is 471 g/mol. The smallest absolute Gasteiger partial charge is 0.251 e. The minimum Gasteiger partial charge on any atom is -0.493 e. The SMILES string of the molecule is O=C(NC1CCCN(Cc2ccccc2F)C1)c1ccc2[nH]nc(-c3ccc4c(c3)CCO4)c2c1. The molecule has 1 unspecified atom stereocenters. The number of halogens is 1. The maximum absolute atomic E-state index is 14.1. The minimum atomic E-state index is -0.182. The van der Waals surface area contributed by atoms with Gasteiger partial charge in [-0.25, -0.2) is 4.39 Å². The van der Waals surface area contributed by atoms with Gasteiger partial charge in [-0.1, -0.05) is 18.2 Å². The predicted molar refractivity (Wildman–Crippen MR) is 133 cm³/mol. The number of piperidine rings is 1. The Kier molecular flexibility index (Phi) is 5.70. The number of likely N-dealkylation sites (tertiary alicyclic amines) is 1. The van der Waals surface area contributed by atoms with E-state index in [1.807, 2.05) is 42.5 Å². The van der Waals surface area contributed by atoms with Crippen LogP contribution < -0.4 is 10.1 Å². The maximum atomic E-state index is 14.1. The van der Waals surface area contributed by atoms with E-state index in [4.69, 9.17) is 4.74 Å². The van der Waals surface area contributed by atoms with Crippen molar-refractivity contribution >= 4 is 16.8 Å². The molecule has 7 heteroatoms. The Hall–Kier alpha value is -3.71. The number of hydrogen-bond donors (Lipinski definition) is 2. The molecule has 1 aromatic heterocycles. The van der Waals surface area contributed by atoms with Crippen molar-refractivity contribution in [3.63, 3.8) is 0 Å². The molecule has 2 aliphatic rings. The molecule has 1 saturated heterocycles. The number of aromatic amines is 1. The first-order valence-electron chi connectivity index (χ1n) is 12.1. The number of ether oxygens (including phenoxy) is 1. The van der Waals surface area contributed by atoms with E-state index in [0.717, 1.165) is 53.7 Å². The van der Waals surface area contributed by atoms with E-state index in [1.165, 1.54) is 11.6 Å². The van der Waals surface area contributed by atoms with Crippen molar-refractivity contribution in [3.8, 4) is 17.0 Å². The van der Waals surface area contributed by atoms with Gasteiger partial charge in [0.1, 0.15) is 11.6 Å². The Morgan fingerprint density at radius 2 is 2.09 bits per heavy atom. The molecule has 0 spiro atoms. The summed E-state index contributed by atoms with van der Waals surface area (Å²) in [4.78, 5) is 15.4. The molecule has 0 bridgehead atoms. The Morgan fingerprint density at radius 3 is 3.00 bits per heavy atom. The second kappa shape index (κ2) is 9.15. The van der Waals surface area contributed by atoms with Crippen molar-refractivity contribution in [2.24, 2.45) is 0 Å². The zero-order valence-corrected chi connectivity index (χ0v) is 19.4. The van der Waals surface area contributed by atoms with Gasteiger partial charge in [0.15, 0.2) is 0 Å². The summed E-state index contributed by atoms with van der Waals surface area (Å²) in [7, 11) is 0. The third-order valence-corrected chi connectivity index (χ3v) is 6.98. The van der Waals surface area contributed by atoms with E-state index < -0.39 is 0 Å². The van der Waals surface area contributed by atoms with E-state index in [0.29, 0.717) is 30.8 Å². The fourth-order valence-corrected chi connectivity index (χ4v) is 5.16. The quantitative estimate of drug-likeness (QED) is 0.444. The molecule has 0 aliphatic carbocycles. The fourth-order valence-electron chi connectivity index (χ4n) is 5.16. The first-order chi connectivity index (χ1) is 17.1. The van der Waals surface area contributed by atoms with Crippen LogP contribution in [0.5, 0.6) is 5.75 Å². The lowest BCUT2D eigenvalue weighted by atomic mass is 10.0. The predicted octanol–water partition coefficient (Wildman–Crippen LogP) is 4.70. The molecule has 0 radical (unpaired) electrons. The van der Waals surface area contributed by atoms with Crippen LogP contribution in [0.1, 0.15) is 34.3 Å². The van der Waals surface area contributed by atoms with Crippen molar-refractivity contribution in [2.45, 2.75) is 31.8 Å². The molecule has 4 aromatic rings. The Balaban J connectivity index is 1.18. The summed E-state index contributed by atoms with van der Waals surface area (Å²) in [6.07, 6.45) is 2.77. The van der Waals surface area contributed by atoms with Crippen LogP contribution in [-0.2, 0) is 13.0 Å². The third kappa shape index (κ3) is 4.39. The Bertz CT molecular complexity index is 1400. The molecule has 2 N–H and O–H groups in total. The first-order valence-corrected chi connectivity index (χ1v) is 12.1. The monoisotopic (exact) mass is 470 g/mol. The van der Waals surface area contributed by atoms with Crippen LogP contribution in [0.4, 0.5) is 4.39 Å². The van der Waals surface area contributed by atoms with Gasteiger partial charge in [-0.05, 0) is 67.4 Å². The van der Waals surface area contributed by atoms with E-state index in [9.17, 15) is 9.18 Å². The van der Waals surface area contributed by atoms with E-state index in [-0.39, 0.29) is 17.8 Å². The molecular weight excluding hydrogens is 443 g/mol. The topological polar surface area (TPSA) is 70.2 Å². The van der Waals surface area contributed by atoms with Gasteiger partial charge in [0, 0.05) is 47.6 Å². The highest BCUT2D eigenvalue weighted by Gasteiger charge is 2.23. The zero-order valence-electron chi connectivity index (χ0n) is 19.4. The first kappa shape index (κ1) is 21.8. The van der Waals surface area contributed by atoms with Gasteiger partial charge in [-0.3, -0.25) is 14.8 Å². The van der Waals surface area contributed by atoms with Crippen molar-refractivity contribution in [1.82, 2.24) is 20.4 Å². The lowest BCUT2D eigenvalue weighted by molar-refractivity contribution is 0.0900. The Labute approximate surface area is 203 Å². The van der Waals surface area contributed by atoms with Gasteiger partial charge in [0.05, 0.1) is 17.8 Å². The van der Waals surface area contributed by atoms with Crippen molar-refractivity contribution in [1.29, 1.82) is 0 Å². The summed E-state index contributed by atoms with van der Waals surface area (Å²) in [5, 5.41) is 11.7. The third-order valence-electron chi connectivity index (χ3n) is 6.98. The van der Waals surface area contributed by atoms with E-state index >= 15 is 0 Å². The normalized spacial score (nSPS) is 17.8. The number of amides is 1. The van der Waals surface area contributed by atoms with Gasteiger partial charge < -0.3 is 10.1 Å². The minimum absolute atomic E-state index is 0.0271. The molecule has 3 aromatic carbocycles. The van der Waals surface area contributed by atoms with Gasteiger partial charge in [-0.15, -0.1) is 0 Å². The number of fused-ring (bicyclic) bond motifs is 2. The van der Waals surface area contributed by atoms with Gasteiger partial charge >= 0.3 is 0 Å². The molecule has 6 nitrogen and oxygen atoms in total. The molecule has 178 valence electrons.